The van der Waals surface area contributed by atoms with Crippen LogP contribution in [0.5, 0.6) is 0 Å². The molecule has 4 nitrogen and oxygen atoms in total. The zero-order valence-corrected chi connectivity index (χ0v) is 13.4. The van der Waals surface area contributed by atoms with Crippen molar-refractivity contribution in [2.24, 2.45) is 0 Å². The molecule has 21 heavy (non-hydrogen) atoms. The molecule has 0 bridgehead atoms. The van der Waals surface area contributed by atoms with E-state index < -0.39 is 0 Å². The summed E-state index contributed by atoms with van der Waals surface area (Å²) in [6.45, 7) is 3.89. The number of ether oxygens (including phenoxy) is 1. The molecule has 6 heteroatoms. The van der Waals surface area contributed by atoms with Gasteiger partial charge in [-0.2, -0.15) is 0 Å². The minimum absolute atomic E-state index is 0.340. The smallest absolute Gasteiger partial charge is 0.341 e. The number of aromatic nitrogens is 2. The fourth-order valence-electron chi connectivity index (χ4n) is 1.67. The van der Waals surface area contributed by atoms with Crippen molar-refractivity contribution in [2.75, 3.05) is 6.61 Å². The van der Waals surface area contributed by atoms with Gasteiger partial charge in [0.1, 0.15) is 5.82 Å². The summed E-state index contributed by atoms with van der Waals surface area (Å²) >= 11 is 7.46. The third kappa shape index (κ3) is 4.44. The minimum atomic E-state index is -0.382. The number of aryl methyl sites for hydroxylation is 1. The molecule has 0 spiro atoms. The Morgan fingerprint density at radius 1 is 1.33 bits per heavy atom. The van der Waals surface area contributed by atoms with Gasteiger partial charge in [-0.15, -0.1) is 11.8 Å². The van der Waals surface area contributed by atoms with Crippen LogP contribution in [0.3, 0.4) is 0 Å². The molecule has 0 aliphatic carbocycles. The van der Waals surface area contributed by atoms with E-state index in [9.17, 15) is 4.79 Å². The molecule has 0 radical (unpaired) electrons. The number of hydrogen-bond donors (Lipinski definition) is 0. The first-order chi connectivity index (χ1) is 10.1. The predicted octanol–water partition coefficient (Wildman–Crippen LogP) is 3.91. The van der Waals surface area contributed by atoms with E-state index in [1.807, 2.05) is 24.3 Å². The van der Waals surface area contributed by atoms with Gasteiger partial charge in [0.05, 0.1) is 23.6 Å². The van der Waals surface area contributed by atoms with Crippen molar-refractivity contribution in [3.63, 3.8) is 0 Å². The monoisotopic (exact) mass is 322 g/mol. The van der Waals surface area contributed by atoms with Gasteiger partial charge in [0.25, 0.3) is 0 Å². The second-order valence-corrected chi connectivity index (χ2v) is 5.73. The summed E-state index contributed by atoms with van der Waals surface area (Å²) in [7, 11) is 0. The molecule has 0 aliphatic rings. The number of benzene rings is 1. The number of esters is 1. The van der Waals surface area contributed by atoms with Crippen LogP contribution in [0, 0.1) is 6.92 Å². The Morgan fingerprint density at radius 2 is 2.05 bits per heavy atom. The molecule has 0 unspecified atom stereocenters. The fourth-order valence-corrected chi connectivity index (χ4v) is 2.56. The van der Waals surface area contributed by atoms with Gasteiger partial charge in [0.15, 0.2) is 0 Å². The Morgan fingerprint density at radius 3 is 2.67 bits per heavy atom. The van der Waals surface area contributed by atoms with Crippen LogP contribution in [0.2, 0.25) is 5.02 Å². The number of carbonyl (C=O) groups is 1. The normalized spacial score (nSPS) is 10.4. The summed E-state index contributed by atoms with van der Waals surface area (Å²) in [5, 5.41) is 0.713. The first kappa shape index (κ1) is 15.8. The highest BCUT2D eigenvalue weighted by atomic mass is 35.5. The van der Waals surface area contributed by atoms with Crippen LogP contribution in [0.15, 0.2) is 35.4 Å². The van der Waals surface area contributed by atoms with Crippen LogP contribution in [0.1, 0.15) is 28.8 Å². The maximum Gasteiger partial charge on any atom is 0.341 e. The summed E-state index contributed by atoms with van der Waals surface area (Å²) in [5.41, 5.74) is 1.05. The summed E-state index contributed by atoms with van der Waals surface area (Å²) in [6, 6.07) is 7.60. The largest absolute Gasteiger partial charge is 0.462 e. The molecule has 110 valence electrons. The van der Waals surface area contributed by atoms with E-state index in [0.29, 0.717) is 34.5 Å². The molecule has 0 saturated heterocycles. The molecular formula is C15H15ClN2O2S. The minimum Gasteiger partial charge on any atom is -0.462 e. The number of thioether (sulfide) groups is 1. The van der Waals surface area contributed by atoms with Crippen molar-refractivity contribution in [3.05, 3.63) is 52.6 Å². The van der Waals surface area contributed by atoms with E-state index in [-0.39, 0.29) is 5.97 Å². The van der Waals surface area contributed by atoms with Crippen LogP contribution in [0.4, 0.5) is 0 Å². The zero-order valence-electron chi connectivity index (χ0n) is 11.8. The van der Waals surface area contributed by atoms with Gasteiger partial charge in [-0.1, -0.05) is 11.6 Å². The number of hydrogen-bond acceptors (Lipinski definition) is 5. The third-order valence-corrected chi connectivity index (χ3v) is 3.97. The van der Waals surface area contributed by atoms with Crippen LogP contribution >= 0.6 is 23.4 Å². The van der Waals surface area contributed by atoms with Crippen molar-refractivity contribution in [2.45, 2.75) is 24.5 Å². The zero-order chi connectivity index (χ0) is 15.2. The summed E-state index contributed by atoms with van der Waals surface area (Å²) in [5.74, 6) is 0.929. The highest BCUT2D eigenvalue weighted by Crippen LogP contribution is 2.23. The molecule has 0 amide bonds. The fraction of sp³-hybridized carbons (Fsp3) is 0.267. The van der Waals surface area contributed by atoms with Gasteiger partial charge in [-0.3, -0.25) is 0 Å². The number of carbonyl (C=O) groups excluding carboxylic acids is 1. The van der Waals surface area contributed by atoms with Crippen molar-refractivity contribution in [1.82, 2.24) is 9.97 Å². The number of nitrogens with zero attached hydrogens (tertiary/aromatic N) is 2. The Hall–Kier alpha value is -1.59. The molecule has 0 aliphatic heterocycles. The lowest BCUT2D eigenvalue weighted by Gasteiger charge is -2.06. The van der Waals surface area contributed by atoms with Gasteiger partial charge < -0.3 is 4.74 Å². The first-order valence-corrected chi connectivity index (χ1v) is 7.84. The average Bonchev–Trinajstić information content (AvgIpc) is 2.47. The Kier molecular flexibility index (Phi) is 5.59. The third-order valence-electron chi connectivity index (χ3n) is 2.71. The first-order valence-electron chi connectivity index (χ1n) is 6.48. The van der Waals surface area contributed by atoms with Gasteiger partial charge in [-0.25, -0.2) is 14.8 Å². The van der Waals surface area contributed by atoms with Gasteiger partial charge >= 0.3 is 5.97 Å². The lowest BCUT2D eigenvalue weighted by molar-refractivity contribution is 0.0524. The Labute approximate surface area is 132 Å². The van der Waals surface area contributed by atoms with E-state index in [2.05, 4.69) is 9.97 Å². The molecule has 0 saturated carbocycles. The van der Waals surface area contributed by atoms with Crippen molar-refractivity contribution in [1.29, 1.82) is 0 Å². The van der Waals surface area contributed by atoms with Crippen molar-refractivity contribution < 1.29 is 9.53 Å². The van der Waals surface area contributed by atoms with E-state index in [0.717, 1.165) is 4.90 Å². The highest BCUT2D eigenvalue weighted by Gasteiger charge is 2.12. The predicted molar refractivity (Wildman–Crippen MR) is 83.7 cm³/mol. The summed E-state index contributed by atoms with van der Waals surface area (Å²) in [4.78, 5) is 21.3. The van der Waals surface area contributed by atoms with Gasteiger partial charge in [0.2, 0.25) is 0 Å². The van der Waals surface area contributed by atoms with Crippen molar-refractivity contribution in [3.8, 4) is 0 Å². The molecule has 1 aromatic heterocycles. The lowest BCUT2D eigenvalue weighted by Crippen LogP contribution is -2.10. The van der Waals surface area contributed by atoms with Crippen LogP contribution in [-0.4, -0.2) is 22.5 Å². The summed E-state index contributed by atoms with van der Waals surface area (Å²) in [6.07, 6.45) is 1.53. The average molecular weight is 323 g/mol. The molecule has 1 heterocycles. The molecular weight excluding hydrogens is 308 g/mol. The van der Waals surface area contributed by atoms with E-state index in [4.69, 9.17) is 16.3 Å². The van der Waals surface area contributed by atoms with Crippen LogP contribution in [0.25, 0.3) is 0 Å². The Bertz CT molecular complexity index is 632. The SMILES string of the molecule is CCOC(=O)c1cnc(CSc2ccc(Cl)cc2)nc1C. The molecule has 0 atom stereocenters. The van der Waals surface area contributed by atoms with Crippen LogP contribution in [-0.2, 0) is 10.5 Å². The van der Waals surface area contributed by atoms with Gasteiger partial charge in [0, 0.05) is 16.1 Å². The second-order valence-electron chi connectivity index (χ2n) is 4.25. The topological polar surface area (TPSA) is 52.1 Å². The molecule has 0 fully saturated rings. The maximum atomic E-state index is 11.7. The standard InChI is InChI=1S/C15H15ClN2O2S/c1-3-20-15(19)13-8-17-14(18-10(13)2)9-21-12-6-4-11(16)5-7-12/h4-8H,3,9H2,1-2H3. The van der Waals surface area contributed by atoms with E-state index >= 15 is 0 Å². The van der Waals surface area contributed by atoms with Gasteiger partial charge in [-0.05, 0) is 38.1 Å². The van der Waals surface area contributed by atoms with Crippen LogP contribution < -0.4 is 0 Å². The summed E-state index contributed by atoms with van der Waals surface area (Å²) < 4.78 is 4.95. The number of rotatable bonds is 5. The van der Waals surface area contributed by atoms with E-state index in [1.54, 1.807) is 25.6 Å². The molecule has 0 N–H and O–H groups in total. The van der Waals surface area contributed by atoms with Crippen molar-refractivity contribution >= 4 is 29.3 Å². The lowest BCUT2D eigenvalue weighted by atomic mass is 10.2. The van der Waals surface area contributed by atoms with E-state index in [1.165, 1.54) is 6.20 Å². The Balaban J connectivity index is 2.03. The maximum absolute atomic E-state index is 11.7. The quantitative estimate of drug-likeness (QED) is 0.617. The molecule has 1 aromatic carbocycles. The highest BCUT2D eigenvalue weighted by molar-refractivity contribution is 7.98. The molecule has 2 aromatic rings. The second kappa shape index (κ2) is 7.43. The molecule has 2 rings (SSSR count). The number of halogens is 1.